The Balaban J connectivity index is 1.38. The zero-order valence-corrected chi connectivity index (χ0v) is 20.0. The number of aryl methyl sites for hydroxylation is 1. The summed E-state index contributed by atoms with van der Waals surface area (Å²) in [7, 11) is 0. The van der Waals surface area contributed by atoms with Crippen LogP contribution in [0.2, 0.25) is 0 Å². The van der Waals surface area contributed by atoms with Crippen LogP contribution in [0.25, 0.3) is 17.0 Å². The summed E-state index contributed by atoms with van der Waals surface area (Å²) in [5.41, 5.74) is 1.18. The summed E-state index contributed by atoms with van der Waals surface area (Å²) in [5, 5.41) is 15.3. The molecule has 1 aromatic carbocycles. The maximum atomic E-state index is 14.0. The smallest absolute Gasteiger partial charge is 0.276 e. The normalized spacial score (nSPS) is 11.4. The molecule has 0 radical (unpaired) electrons. The molecule has 4 aromatic heterocycles. The number of rotatable bonds is 6. The lowest BCUT2D eigenvalue weighted by molar-refractivity contribution is 0.102. The van der Waals surface area contributed by atoms with E-state index < -0.39 is 41.3 Å². The SMILES string of the molecule is CCn1cc(Br)c(-c2ccnc3cc(C(=O)Nc4cnn(Cc5c(F)cc(F)c(F)c5F)c4)nn23)n1. The topological polar surface area (TPSA) is 94.9 Å². The van der Waals surface area contributed by atoms with Crippen molar-refractivity contribution in [3.8, 4) is 11.4 Å². The zero-order valence-electron chi connectivity index (χ0n) is 18.4. The van der Waals surface area contributed by atoms with Crippen LogP contribution in [0.15, 0.2) is 47.5 Å². The molecule has 36 heavy (non-hydrogen) atoms. The van der Waals surface area contributed by atoms with E-state index in [4.69, 9.17) is 0 Å². The van der Waals surface area contributed by atoms with Crippen LogP contribution >= 0.6 is 15.9 Å². The molecule has 14 heteroatoms. The van der Waals surface area contributed by atoms with Crippen molar-refractivity contribution in [1.29, 1.82) is 0 Å². The molecule has 0 saturated heterocycles. The van der Waals surface area contributed by atoms with E-state index in [1.165, 1.54) is 23.0 Å². The summed E-state index contributed by atoms with van der Waals surface area (Å²) in [6, 6.07) is 3.46. The van der Waals surface area contributed by atoms with Crippen LogP contribution in [0.1, 0.15) is 23.0 Å². The van der Waals surface area contributed by atoms with Crippen LogP contribution in [-0.4, -0.2) is 40.1 Å². The highest BCUT2D eigenvalue weighted by Crippen LogP contribution is 2.27. The van der Waals surface area contributed by atoms with Crippen LogP contribution in [0, 0.1) is 23.3 Å². The molecule has 5 rings (SSSR count). The maximum absolute atomic E-state index is 14.0. The predicted molar refractivity (Wildman–Crippen MR) is 123 cm³/mol. The Kier molecular flexibility index (Phi) is 6.04. The number of halogens is 5. The third-order valence-corrected chi connectivity index (χ3v) is 5.87. The Bertz CT molecular complexity index is 1630. The number of nitrogens with zero attached hydrogens (tertiary/aromatic N) is 7. The Hall–Kier alpha value is -4.07. The largest absolute Gasteiger partial charge is 0.318 e. The second kappa shape index (κ2) is 9.18. The molecule has 0 aliphatic rings. The molecular formula is C22H15BrF4N8O. The summed E-state index contributed by atoms with van der Waals surface area (Å²) in [6.45, 7) is 2.10. The Labute approximate surface area is 208 Å². The first kappa shape index (κ1) is 23.7. The van der Waals surface area contributed by atoms with Crippen LogP contribution < -0.4 is 5.32 Å². The fourth-order valence-corrected chi connectivity index (χ4v) is 4.06. The monoisotopic (exact) mass is 562 g/mol. The Morgan fingerprint density at radius 1 is 1.06 bits per heavy atom. The first-order valence-corrected chi connectivity index (χ1v) is 11.3. The first-order valence-electron chi connectivity index (χ1n) is 10.5. The average molecular weight is 563 g/mol. The van der Waals surface area contributed by atoms with E-state index in [1.54, 1.807) is 16.9 Å². The molecule has 0 saturated carbocycles. The number of aromatic nitrogens is 7. The van der Waals surface area contributed by atoms with E-state index in [0.29, 0.717) is 23.6 Å². The van der Waals surface area contributed by atoms with Gasteiger partial charge in [0.25, 0.3) is 5.91 Å². The molecular weight excluding hydrogens is 548 g/mol. The highest BCUT2D eigenvalue weighted by atomic mass is 79.9. The molecule has 4 heterocycles. The molecule has 0 unspecified atom stereocenters. The van der Waals surface area contributed by atoms with E-state index in [9.17, 15) is 22.4 Å². The summed E-state index contributed by atoms with van der Waals surface area (Å²) in [4.78, 5) is 17.1. The third-order valence-electron chi connectivity index (χ3n) is 5.29. The maximum Gasteiger partial charge on any atom is 0.276 e. The molecule has 184 valence electrons. The van der Waals surface area contributed by atoms with Crippen LogP contribution in [-0.2, 0) is 13.1 Å². The van der Waals surface area contributed by atoms with Crippen LogP contribution in [0.3, 0.4) is 0 Å². The van der Waals surface area contributed by atoms with Gasteiger partial charge in [-0.15, -0.1) is 0 Å². The number of carbonyl (C=O) groups excluding carboxylic acids is 1. The summed E-state index contributed by atoms with van der Waals surface area (Å²) in [5.74, 6) is -6.89. The van der Waals surface area contributed by atoms with E-state index in [2.05, 4.69) is 41.5 Å². The molecule has 1 amide bonds. The average Bonchev–Trinajstić information content (AvgIpc) is 3.58. The van der Waals surface area contributed by atoms with E-state index in [1.807, 2.05) is 13.1 Å². The Morgan fingerprint density at radius 3 is 2.61 bits per heavy atom. The standard InChI is InChI=1S/C22H15BrF4N8O/c1-2-33-10-13(23)21(32-33)17-3-4-28-18-6-16(31-35(17)18)22(36)30-11-7-29-34(8-11)9-12-14(24)5-15(25)20(27)19(12)26/h3-8,10H,2,9H2,1H3,(H,30,36). The number of anilines is 1. The highest BCUT2D eigenvalue weighted by molar-refractivity contribution is 9.10. The second-order valence-corrected chi connectivity index (χ2v) is 8.49. The van der Waals surface area contributed by atoms with Crippen molar-refractivity contribution in [2.75, 3.05) is 5.32 Å². The molecule has 1 N–H and O–H groups in total. The molecule has 0 aliphatic heterocycles. The van der Waals surface area contributed by atoms with E-state index >= 15 is 0 Å². The van der Waals surface area contributed by atoms with Crippen molar-refractivity contribution < 1.29 is 22.4 Å². The minimum absolute atomic E-state index is 0.0476. The van der Waals surface area contributed by atoms with Gasteiger partial charge in [0.1, 0.15) is 11.5 Å². The van der Waals surface area contributed by atoms with E-state index in [0.717, 1.165) is 9.15 Å². The number of hydrogen-bond acceptors (Lipinski definition) is 5. The molecule has 0 aliphatic carbocycles. The first-order chi connectivity index (χ1) is 17.2. The van der Waals surface area contributed by atoms with Crippen molar-refractivity contribution >= 4 is 33.2 Å². The number of benzene rings is 1. The van der Waals surface area contributed by atoms with Crippen LogP contribution in [0.4, 0.5) is 23.2 Å². The van der Waals surface area contributed by atoms with Gasteiger partial charge in [-0.2, -0.15) is 15.3 Å². The van der Waals surface area contributed by atoms with Crippen molar-refractivity contribution in [2.24, 2.45) is 0 Å². The van der Waals surface area contributed by atoms with E-state index in [-0.39, 0.29) is 17.4 Å². The number of carbonyl (C=O) groups is 1. The zero-order chi connectivity index (χ0) is 25.6. The van der Waals surface area contributed by atoms with Gasteiger partial charge >= 0.3 is 0 Å². The minimum atomic E-state index is -1.78. The third kappa shape index (κ3) is 4.23. The van der Waals surface area contributed by atoms with Gasteiger partial charge in [-0.25, -0.2) is 27.1 Å². The Morgan fingerprint density at radius 2 is 1.86 bits per heavy atom. The number of hydrogen-bond donors (Lipinski definition) is 1. The highest BCUT2D eigenvalue weighted by Gasteiger charge is 2.21. The lowest BCUT2D eigenvalue weighted by Crippen LogP contribution is -2.12. The van der Waals surface area contributed by atoms with Gasteiger partial charge in [-0.05, 0) is 28.9 Å². The van der Waals surface area contributed by atoms with Gasteiger partial charge in [0, 0.05) is 42.8 Å². The van der Waals surface area contributed by atoms with Gasteiger partial charge in [-0.3, -0.25) is 14.2 Å². The molecule has 5 aromatic rings. The summed E-state index contributed by atoms with van der Waals surface area (Å²) in [6.07, 6.45) is 5.92. The van der Waals surface area contributed by atoms with Crippen molar-refractivity contribution in [1.82, 2.24) is 34.2 Å². The van der Waals surface area contributed by atoms with Crippen LogP contribution in [0.5, 0.6) is 0 Å². The second-order valence-electron chi connectivity index (χ2n) is 7.64. The van der Waals surface area contributed by atoms with Crippen molar-refractivity contribution in [3.63, 3.8) is 0 Å². The van der Waals surface area contributed by atoms with Gasteiger partial charge < -0.3 is 5.32 Å². The van der Waals surface area contributed by atoms with Gasteiger partial charge in [-0.1, -0.05) is 0 Å². The van der Waals surface area contributed by atoms with Gasteiger partial charge in [0.05, 0.1) is 28.6 Å². The lowest BCUT2D eigenvalue weighted by atomic mass is 10.2. The molecule has 0 fully saturated rings. The quantitative estimate of drug-likeness (QED) is 0.188. The molecule has 0 bridgehead atoms. The molecule has 0 spiro atoms. The number of nitrogens with one attached hydrogen (secondary N) is 1. The molecule has 0 atom stereocenters. The van der Waals surface area contributed by atoms with Crippen molar-refractivity contribution in [2.45, 2.75) is 20.0 Å². The number of amides is 1. The van der Waals surface area contributed by atoms with Gasteiger partial charge in [0.15, 0.2) is 28.8 Å². The number of fused-ring (bicyclic) bond motifs is 1. The summed E-state index contributed by atoms with van der Waals surface area (Å²) < 4.78 is 59.6. The predicted octanol–water partition coefficient (Wildman–Crippen LogP) is 4.43. The van der Waals surface area contributed by atoms with Gasteiger partial charge in [0.2, 0.25) is 0 Å². The molecule has 9 nitrogen and oxygen atoms in total. The fraction of sp³-hybridized carbons (Fsp3) is 0.136. The summed E-state index contributed by atoms with van der Waals surface area (Å²) >= 11 is 3.48. The van der Waals surface area contributed by atoms with Crippen molar-refractivity contribution in [3.05, 3.63) is 82.0 Å². The minimum Gasteiger partial charge on any atom is -0.318 e. The lowest BCUT2D eigenvalue weighted by Gasteiger charge is -2.06. The fourth-order valence-electron chi connectivity index (χ4n) is 3.54.